The largest absolute Gasteiger partial charge is 0.383 e. The van der Waals surface area contributed by atoms with Crippen molar-refractivity contribution in [1.29, 1.82) is 0 Å². The molecule has 2 aromatic rings. The van der Waals surface area contributed by atoms with E-state index in [1.54, 1.807) is 5.38 Å². The Morgan fingerprint density at radius 3 is 2.78 bits per heavy atom. The zero-order chi connectivity index (χ0) is 22.6. The molecule has 1 saturated heterocycles. The van der Waals surface area contributed by atoms with E-state index < -0.39 is 20.7 Å². The molecule has 1 aromatic carbocycles. The van der Waals surface area contributed by atoms with Crippen molar-refractivity contribution in [2.75, 3.05) is 23.1 Å². The Kier molecular flexibility index (Phi) is 7.91. The Bertz CT molecular complexity index is 998. The van der Waals surface area contributed by atoms with Crippen molar-refractivity contribution >= 4 is 43.8 Å². The number of thiazole rings is 1. The summed E-state index contributed by atoms with van der Waals surface area (Å²) in [5.74, 6) is 0.417. The summed E-state index contributed by atoms with van der Waals surface area (Å²) < 4.78 is 42.0. The Labute approximate surface area is 198 Å². The van der Waals surface area contributed by atoms with Gasteiger partial charge in [0.2, 0.25) is 0 Å². The third kappa shape index (κ3) is 6.12. The Morgan fingerprint density at radius 2 is 2.03 bits per heavy atom. The predicted octanol–water partition coefficient (Wildman–Crippen LogP) is 5.49. The summed E-state index contributed by atoms with van der Waals surface area (Å²) in [5, 5.41) is 8.83. The van der Waals surface area contributed by atoms with Crippen LogP contribution in [0.2, 0.25) is 5.02 Å². The number of anilines is 2. The molecule has 2 heterocycles. The van der Waals surface area contributed by atoms with Gasteiger partial charge in [-0.25, -0.2) is 17.8 Å². The molecule has 0 bridgehead atoms. The van der Waals surface area contributed by atoms with Crippen LogP contribution in [0.3, 0.4) is 0 Å². The van der Waals surface area contributed by atoms with Crippen LogP contribution in [-0.2, 0) is 10.0 Å². The highest BCUT2D eigenvalue weighted by Gasteiger charge is 2.25. The maximum atomic E-state index is 14.7. The molecule has 2 fully saturated rings. The van der Waals surface area contributed by atoms with Crippen LogP contribution >= 0.6 is 22.9 Å². The first kappa shape index (κ1) is 23.7. The Balaban J connectivity index is 1.33. The predicted molar refractivity (Wildman–Crippen MR) is 129 cm³/mol. The first-order valence-corrected chi connectivity index (χ1v) is 14.0. The molecule has 6 nitrogen and oxygen atoms in total. The van der Waals surface area contributed by atoms with Gasteiger partial charge in [0.05, 0.1) is 10.7 Å². The third-order valence-corrected chi connectivity index (χ3v) is 9.01. The van der Waals surface area contributed by atoms with Gasteiger partial charge in [-0.05, 0) is 69.0 Å². The fourth-order valence-corrected chi connectivity index (χ4v) is 7.03. The van der Waals surface area contributed by atoms with Crippen molar-refractivity contribution in [2.24, 2.45) is 11.8 Å². The van der Waals surface area contributed by atoms with Gasteiger partial charge in [0.1, 0.15) is 10.7 Å². The molecule has 1 aromatic heterocycles. The minimum Gasteiger partial charge on any atom is -0.383 e. The molecule has 1 aliphatic carbocycles. The standard InChI is InChI=1S/C22H30ClFN4O2S2/c23-18-12-21(32(29,30)28-22-26-9-10-31-22)19(24)13-20(18)27-14-16-4-1-3-15(11-16)6-7-17-5-2-8-25-17/h9-10,12-13,15-17,25,27H,1-8,11,14H2,(H,26,28)/t15?,16?,17-/m0/s1. The topological polar surface area (TPSA) is 83.1 Å². The molecule has 0 spiro atoms. The molecule has 10 heteroatoms. The van der Waals surface area contributed by atoms with Crippen LogP contribution in [0.4, 0.5) is 15.2 Å². The van der Waals surface area contributed by atoms with Gasteiger partial charge in [-0.15, -0.1) is 11.3 Å². The number of rotatable bonds is 9. The first-order valence-electron chi connectivity index (χ1n) is 11.3. The van der Waals surface area contributed by atoms with E-state index in [4.69, 9.17) is 11.6 Å². The summed E-state index contributed by atoms with van der Waals surface area (Å²) in [7, 11) is -4.10. The summed E-state index contributed by atoms with van der Waals surface area (Å²) >= 11 is 7.44. The second-order valence-electron chi connectivity index (χ2n) is 8.86. The van der Waals surface area contributed by atoms with Crippen molar-refractivity contribution in [2.45, 2.75) is 62.3 Å². The van der Waals surface area contributed by atoms with E-state index in [9.17, 15) is 12.8 Å². The number of nitrogens with zero attached hydrogens (tertiary/aromatic N) is 1. The van der Waals surface area contributed by atoms with Crippen molar-refractivity contribution in [1.82, 2.24) is 10.3 Å². The smallest absolute Gasteiger partial charge is 0.266 e. The number of aromatic nitrogens is 1. The SMILES string of the molecule is O=S(=O)(Nc1nccs1)c1cc(Cl)c(NCC2CCCC(CC[C@@H]3CCCN3)C2)cc1F. The maximum absolute atomic E-state index is 14.7. The highest BCUT2D eigenvalue weighted by Crippen LogP contribution is 2.34. The fraction of sp³-hybridized carbons (Fsp3) is 0.591. The van der Waals surface area contributed by atoms with Gasteiger partial charge >= 0.3 is 0 Å². The van der Waals surface area contributed by atoms with E-state index in [2.05, 4.69) is 20.3 Å². The quantitative estimate of drug-likeness (QED) is 0.424. The monoisotopic (exact) mass is 500 g/mol. The number of nitrogens with one attached hydrogen (secondary N) is 3. The molecule has 32 heavy (non-hydrogen) atoms. The molecule has 3 atom stereocenters. The first-order chi connectivity index (χ1) is 15.4. The van der Waals surface area contributed by atoms with Crippen LogP contribution in [0.1, 0.15) is 51.4 Å². The van der Waals surface area contributed by atoms with Crippen molar-refractivity contribution < 1.29 is 12.8 Å². The highest BCUT2D eigenvalue weighted by molar-refractivity contribution is 7.93. The maximum Gasteiger partial charge on any atom is 0.266 e. The lowest BCUT2D eigenvalue weighted by Crippen LogP contribution is -2.25. The van der Waals surface area contributed by atoms with Crippen LogP contribution in [-0.4, -0.2) is 32.5 Å². The molecule has 2 aliphatic rings. The zero-order valence-electron chi connectivity index (χ0n) is 17.9. The zero-order valence-corrected chi connectivity index (χ0v) is 20.3. The fourth-order valence-electron chi connectivity index (χ4n) is 4.86. The van der Waals surface area contributed by atoms with E-state index in [0.717, 1.165) is 36.3 Å². The molecule has 1 aliphatic heterocycles. The van der Waals surface area contributed by atoms with Gasteiger partial charge in [-0.2, -0.15) is 0 Å². The van der Waals surface area contributed by atoms with Crippen LogP contribution in [0.15, 0.2) is 28.6 Å². The molecule has 4 rings (SSSR count). The highest BCUT2D eigenvalue weighted by atomic mass is 35.5. The average Bonchev–Trinajstić information content (AvgIpc) is 3.47. The molecule has 0 radical (unpaired) electrons. The second kappa shape index (κ2) is 10.7. The normalized spacial score (nSPS) is 23.9. The van der Waals surface area contributed by atoms with Gasteiger partial charge in [-0.3, -0.25) is 4.72 Å². The Hall–Kier alpha value is -1.42. The van der Waals surface area contributed by atoms with E-state index >= 15 is 0 Å². The lowest BCUT2D eigenvalue weighted by molar-refractivity contribution is 0.253. The molecular weight excluding hydrogens is 471 g/mol. The minimum atomic E-state index is -4.10. The lowest BCUT2D eigenvalue weighted by Gasteiger charge is -2.30. The number of sulfonamides is 1. The summed E-state index contributed by atoms with van der Waals surface area (Å²) in [6.07, 6.45) is 11.4. The van der Waals surface area contributed by atoms with Crippen LogP contribution in [0.25, 0.3) is 0 Å². The summed E-state index contributed by atoms with van der Waals surface area (Å²) in [6.45, 7) is 1.86. The minimum absolute atomic E-state index is 0.179. The van der Waals surface area contributed by atoms with Gasteiger partial charge in [-0.1, -0.05) is 24.4 Å². The Morgan fingerprint density at radius 1 is 1.19 bits per heavy atom. The van der Waals surface area contributed by atoms with Crippen molar-refractivity contribution in [3.8, 4) is 0 Å². The second-order valence-corrected chi connectivity index (χ2v) is 11.8. The molecule has 0 amide bonds. The van der Waals surface area contributed by atoms with Gasteiger partial charge < -0.3 is 10.6 Å². The summed E-state index contributed by atoms with van der Waals surface area (Å²) in [5.41, 5.74) is 0.426. The summed E-state index contributed by atoms with van der Waals surface area (Å²) in [6, 6.07) is 3.02. The average molecular weight is 501 g/mol. The molecular formula is C22H30ClFN4O2S2. The van der Waals surface area contributed by atoms with E-state index in [1.165, 1.54) is 57.2 Å². The molecule has 176 valence electrons. The number of benzene rings is 1. The van der Waals surface area contributed by atoms with E-state index in [-0.39, 0.29) is 10.2 Å². The van der Waals surface area contributed by atoms with E-state index in [1.807, 2.05) is 0 Å². The third-order valence-electron chi connectivity index (χ3n) is 6.52. The van der Waals surface area contributed by atoms with Gasteiger partial charge in [0.25, 0.3) is 10.0 Å². The van der Waals surface area contributed by atoms with Crippen molar-refractivity contribution in [3.05, 3.63) is 34.5 Å². The number of halogens is 2. The number of hydrogen-bond donors (Lipinski definition) is 3. The lowest BCUT2D eigenvalue weighted by atomic mass is 9.78. The van der Waals surface area contributed by atoms with Gasteiger partial charge in [0.15, 0.2) is 5.13 Å². The van der Waals surface area contributed by atoms with Crippen LogP contribution in [0, 0.1) is 17.7 Å². The summed E-state index contributed by atoms with van der Waals surface area (Å²) in [4.78, 5) is 3.39. The van der Waals surface area contributed by atoms with Gasteiger partial charge in [0, 0.05) is 24.2 Å². The van der Waals surface area contributed by atoms with Crippen LogP contribution in [0.5, 0.6) is 0 Å². The number of hydrogen-bond acceptors (Lipinski definition) is 6. The molecule has 3 N–H and O–H groups in total. The van der Waals surface area contributed by atoms with Crippen LogP contribution < -0.4 is 15.4 Å². The van der Waals surface area contributed by atoms with Crippen molar-refractivity contribution in [3.63, 3.8) is 0 Å². The molecule has 2 unspecified atom stereocenters. The molecule has 1 saturated carbocycles. The van der Waals surface area contributed by atoms with E-state index in [0.29, 0.717) is 24.2 Å².